The number of anilines is 1. The van der Waals surface area contributed by atoms with Crippen LogP contribution in [0.25, 0.3) is 5.69 Å². The van der Waals surface area contributed by atoms with Gasteiger partial charge in [-0.05, 0) is 30.3 Å². The van der Waals surface area contributed by atoms with Gasteiger partial charge >= 0.3 is 6.18 Å². The summed E-state index contributed by atoms with van der Waals surface area (Å²) in [6.07, 6.45) is -4.07. The topological polar surface area (TPSA) is 38.1 Å². The summed E-state index contributed by atoms with van der Waals surface area (Å²) >= 11 is 5.84. The fraction of sp³-hybridized carbons (Fsp3) is 0.111. The molecule has 0 saturated heterocycles. The van der Waals surface area contributed by atoms with E-state index < -0.39 is 29.2 Å². The Morgan fingerprint density at radius 3 is 2.48 bits per heavy atom. The van der Waals surface area contributed by atoms with E-state index >= 15 is 0 Å². The Hall–Kier alpha value is -2.87. The van der Waals surface area contributed by atoms with E-state index in [0.717, 1.165) is 17.2 Å². The Labute approximate surface area is 156 Å². The Morgan fingerprint density at radius 2 is 1.85 bits per heavy atom. The predicted molar refractivity (Wildman–Crippen MR) is 92.7 cm³/mol. The minimum absolute atomic E-state index is 0.0439. The van der Waals surface area contributed by atoms with Crippen LogP contribution in [0, 0.1) is 5.82 Å². The molecule has 0 aliphatic rings. The van der Waals surface area contributed by atoms with Gasteiger partial charge in [-0.3, -0.25) is 4.79 Å². The van der Waals surface area contributed by atoms with Gasteiger partial charge in [-0.15, -0.1) is 0 Å². The van der Waals surface area contributed by atoms with Gasteiger partial charge in [0.15, 0.2) is 5.69 Å². The first-order valence-corrected chi connectivity index (χ1v) is 8.01. The Morgan fingerprint density at radius 1 is 1.15 bits per heavy atom. The quantitative estimate of drug-likeness (QED) is 0.586. The molecule has 0 bridgehead atoms. The number of para-hydroxylation sites is 1. The minimum atomic E-state index is -4.88. The summed E-state index contributed by atoms with van der Waals surface area (Å²) in [7, 11) is 1.19. The highest BCUT2D eigenvalue weighted by atomic mass is 35.5. The van der Waals surface area contributed by atoms with Crippen molar-refractivity contribution in [3.05, 3.63) is 76.8 Å². The van der Waals surface area contributed by atoms with Gasteiger partial charge in [0.05, 0.1) is 23.1 Å². The minimum Gasteiger partial charge on any atom is -0.309 e. The largest absolute Gasteiger partial charge is 0.434 e. The van der Waals surface area contributed by atoms with Crippen LogP contribution in [0.5, 0.6) is 0 Å². The fourth-order valence-electron chi connectivity index (χ4n) is 2.60. The lowest BCUT2D eigenvalue weighted by atomic mass is 10.2. The SMILES string of the molecule is CN(C(=O)c1cnn(-c2cccc(Cl)c2)c1C(F)(F)F)c1ccccc1F. The molecular weight excluding hydrogens is 386 g/mol. The zero-order chi connectivity index (χ0) is 19.8. The molecule has 0 N–H and O–H groups in total. The van der Waals surface area contributed by atoms with Crippen molar-refractivity contribution in [1.82, 2.24) is 9.78 Å². The molecule has 1 heterocycles. The van der Waals surface area contributed by atoms with E-state index in [0.29, 0.717) is 4.68 Å². The smallest absolute Gasteiger partial charge is 0.309 e. The molecule has 0 spiro atoms. The molecule has 140 valence electrons. The number of alkyl halides is 3. The molecule has 2 aromatic carbocycles. The molecule has 27 heavy (non-hydrogen) atoms. The summed E-state index contributed by atoms with van der Waals surface area (Å²) in [4.78, 5) is 13.5. The van der Waals surface area contributed by atoms with Crippen molar-refractivity contribution in [2.24, 2.45) is 0 Å². The lowest BCUT2D eigenvalue weighted by molar-refractivity contribution is -0.143. The molecule has 3 aromatic rings. The average molecular weight is 398 g/mol. The number of hydrogen-bond donors (Lipinski definition) is 0. The first-order valence-electron chi connectivity index (χ1n) is 7.64. The van der Waals surface area contributed by atoms with Crippen LogP contribution in [0.4, 0.5) is 23.2 Å². The third kappa shape index (κ3) is 3.66. The highest BCUT2D eigenvalue weighted by Gasteiger charge is 2.41. The first-order chi connectivity index (χ1) is 12.7. The van der Waals surface area contributed by atoms with Crippen molar-refractivity contribution >= 4 is 23.2 Å². The van der Waals surface area contributed by atoms with Crippen LogP contribution in [0.1, 0.15) is 16.1 Å². The normalized spacial score (nSPS) is 11.5. The maximum Gasteiger partial charge on any atom is 0.434 e. The first kappa shape index (κ1) is 18.9. The number of hydrogen-bond acceptors (Lipinski definition) is 2. The average Bonchev–Trinajstić information content (AvgIpc) is 3.06. The number of rotatable bonds is 3. The third-order valence-electron chi connectivity index (χ3n) is 3.84. The van der Waals surface area contributed by atoms with Crippen molar-refractivity contribution in [2.75, 3.05) is 11.9 Å². The van der Waals surface area contributed by atoms with Gasteiger partial charge in [0, 0.05) is 12.1 Å². The summed E-state index contributed by atoms with van der Waals surface area (Å²) in [5.41, 5.74) is -2.07. The summed E-state index contributed by atoms with van der Waals surface area (Å²) < 4.78 is 55.6. The van der Waals surface area contributed by atoms with E-state index in [9.17, 15) is 22.4 Å². The van der Waals surface area contributed by atoms with Gasteiger partial charge in [-0.25, -0.2) is 9.07 Å². The van der Waals surface area contributed by atoms with E-state index in [1.54, 1.807) is 0 Å². The molecule has 9 heteroatoms. The monoisotopic (exact) mass is 397 g/mol. The van der Waals surface area contributed by atoms with Crippen molar-refractivity contribution in [3.8, 4) is 5.69 Å². The lowest BCUT2D eigenvalue weighted by Gasteiger charge is -2.19. The maximum absolute atomic E-state index is 13.9. The molecule has 3 rings (SSSR count). The number of amides is 1. The standard InChI is InChI=1S/C18H12ClF4N3O/c1-25(15-8-3-2-7-14(15)20)17(27)13-10-24-26(16(13)18(21,22)23)12-6-4-5-11(19)9-12/h2-10H,1H3. The highest BCUT2D eigenvalue weighted by molar-refractivity contribution is 6.30. The van der Waals surface area contributed by atoms with Crippen molar-refractivity contribution < 1.29 is 22.4 Å². The highest BCUT2D eigenvalue weighted by Crippen LogP contribution is 2.35. The summed E-state index contributed by atoms with van der Waals surface area (Å²) in [5, 5.41) is 3.93. The molecule has 0 fully saturated rings. The third-order valence-corrected chi connectivity index (χ3v) is 4.07. The van der Waals surface area contributed by atoms with Crippen LogP contribution in [-0.4, -0.2) is 22.7 Å². The van der Waals surface area contributed by atoms with Crippen LogP contribution in [0.3, 0.4) is 0 Å². The number of carbonyl (C=O) groups excluding carboxylic acids is 1. The number of halogens is 5. The Kier molecular flexibility index (Phi) is 4.93. The molecule has 0 aliphatic carbocycles. The van der Waals surface area contributed by atoms with E-state index in [1.165, 1.54) is 49.5 Å². The summed E-state index contributed by atoms with van der Waals surface area (Å²) in [6, 6.07) is 10.9. The van der Waals surface area contributed by atoms with Crippen LogP contribution in [-0.2, 0) is 6.18 Å². The van der Waals surface area contributed by atoms with Crippen LogP contribution >= 0.6 is 11.6 Å². The van der Waals surface area contributed by atoms with Gasteiger partial charge in [0.25, 0.3) is 5.91 Å². The van der Waals surface area contributed by atoms with Crippen molar-refractivity contribution in [1.29, 1.82) is 0 Å². The molecule has 1 aromatic heterocycles. The van der Waals surface area contributed by atoms with E-state index in [-0.39, 0.29) is 16.4 Å². The van der Waals surface area contributed by atoms with Gasteiger partial charge in [0.1, 0.15) is 5.82 Å². The summed E-state index contributed by atoms with van der Waals surface area (Å²) in [6.45, 7) is 0. The molecular formula is C18H12ClF4N3O. The molecule has 0 unspecified atom stereocenters. The second-order valence-corrected chi connectivity index (χ2v) is 6.05. The Bertz CT molecular complexity index is 1000. The summed E-state index contributed by atoms with van der Waals surface area (Å²) in [5.74, 6) is -1.77. The molecule has 0 radical (unpaired) electrons. The number of aromatic nitrogens is 2. The fourth-order valence-corrected chi connectivity index (χ4v) is 2.78. The molecule has 1 amide bonds. The molecule has 0 saturated carbocycles. The van der Waals surface area contributed by atoms with Crippen LogP contribution < -0.4 is 4.90 Å². The Balaban J connectivity index is 2.11. The number of nitrogens with zero attached hydrogens (tertiary/aromatic N) is 3. The number of carbonyl (C=O) groups is 1. The second-order valence-electron chi connectivity index (χ2n) is 5.61. The van der Waals surface area contributed by atoms with Crippen molar-refractivity contribution in [2.45, 2.75) is 6.18 Å². The van der Waals surface area contributed by atoms with Gasteiger partial charge < -0.3 is 4.90 Å². The molecule has 0 aliphatic heterocycles. The van der Waals surface area contributed by atoms with Crippen molar-refractivity contribution in [3.63, 3.8) is 0 Å². The predicted octanol–water partition coefficient (Wildman–Crippen LogP) is 4.96. The van der Waals surface area contributed by atoms with Gasteiger partial charge in [-0.1, -0.05) is 29.8 Å². The zero-order valence-electron chi connectivity index (χ0n) is 13.8. The maximum atomic E-state index is 13.9. The van der Waals surface area contributed by atoms with E-state index in [4.69, 9.17) is 11.6 Å². The zero-order valence-corrected chi connectivity index (χ0v) is 14.6. The van der Waals surface area contributed by atoms with Gasteiger partial charge in [0.2, 0.25) is 0 Å². The molecule has 4 nitrogen and oxygen atoms in total. The van der Waals surface area contributed by atoms with Crippen LogP contribution in [0.15, 0.2) is 54.7 Å². The van der Waals surface area contributed by atoms with E-state index in [1.807, 2.05) is 0 Å². The lowest BCUT2D eigenvalue weighted by Crippen LogP contribution is -2.29. The van der Waals surface area contributed by atoms with Gasteiger partial charge in [-0.2, -0.15) is 18.3 Å². The van der Waals surface area contributed by atoms with Crippen LogP contribution in [0.2, 0.25) is 5.02 Å². The second kappa shape index (κ2) is 7.03. The molecule has 0 atom stereocenters. The number of benzene rings is 2. The van der Waals surface area contributed by atoms with E-state index in [2.05, 4.69) is 5.10 Å².